The van der Waals surface area contributed by atoms with Crippen molar-refractivity contribution in [2.75, 3.05) is 0 Å². The largest absolute Gasteiger partial charge is 0.358 e. The molecule has 0 radical (unpaired) electrons. The standard InChI is InChI=1S/C18H13N3O2S/c1-11-17(14-7-2-3-8-15(14)19-11)16-10-24-18(20-16)12-5-4-6-13(9-12)21(22)23/h2-10,19H,1H3. The lowest BCUT2D eigenvalue weighted by atomic mass is 10.1. The molecule has 0 saturated carbocycles. The second-order valence-corrected chi connectivity index (χ2v) is 6.37. The summed E-state index contributed by atoms with van der Waals surface area (Å²) >= 11 is 1.49. The van der Waals surface area contributed by atoms with E-state index >= 15 is 0 Å². The maximum atomic E-state index is 11.0. The van der Waals surface area contributed by atoms with Crippen LogP contribution in [0.1, 0.15) is 5.69 Å². The van der Waals surface area contributed by atoms with Crippen molar-refractivity contribution < 1.29 is 4.92 Å². The number of hydrogen-bond donors (Lipinski definition) is 1. The van der Waals surface area contributed by atoms with E-state index in [9.17, 15) is 10.1 Å². The highest BCUT2D eigenvalue weighted by Gasteiger charge is 2.15. The lowest BCUT2D eigenvalue weighted by Gasteiger charge is -1.98. The molecule has 5 nitrogen and oxygen atoms in total. The molecule has 4 aromatic rings. The molecule has 0 aliphatic carbocycles. The van der Waals surface area contributed by atoms with Crippen LogP contribution in [0, 0.1) is 17.0 Å². The van der Waals surface area contributed by atoms with E-state index in [1.807, 2.05) is 36.6 Å². The number of aromatic amines is 1. The average Bonchev–Trinajstić information content (AvgIpc) is 3.18. The number of non-ortho nitro benzene ring substituents is 1. The van der Waals surface area contributed by atoms with Gasteiger partial charge in [-0.2, -0.15) is 0 Å². The minimum absolute atomic E-state index is 0.0764. The van der Waals surface area contributed by atoms with E-state index in [2.05, 4.69) is 11.1 Å². The number of fused-ring (bicyclic) bond motifs is 1. The van der Waals surface area contributed by atoms with Gasteiger partial charge >= 0.3 is 0 Å². The summed E-state index contributed by atoms with van der Waals surface area (Å²) in [6.07, 6.45) is 0. The Morgan fingerprint density at radius 1 is 1.17 bits per heavy atom. The summed E-state index contributed by atoms with van der Waals surface area (Å²) in [6, 6.07) is 14.7. The summed E-state index contributed by atoms with van der Waals surface area (Å²) in [7, 11) is 0. The average molecular weight is 335 g/mol. The summed E-state index contributed by atoms with van der Waals surface area (Å²) in [5, 5.41) is 14.9. The zero-order valence-corrected chi connectivity index (χ0v) is 13.6. The fraction of sp³-hybridized carbons (Fsp3) is 0.0556. The monoisotopic (exact) mass is 335 g/mol. The number of H-pyrrole nitrogens is 1. The van der Waals surface area contributed by atoms with E-state index in [-0.39, 0.29) is 10.6 Å². The molecule has 0 unspecified atom stereocenters. The number of nitro groups is 1. The Kier molecular flexibility index (Phi) is 3.39. The fourth-order valence-electron chi connectivity index (χ4n) is 2.88. The SMILES string of the molecule is Cc1[nH]c2ccccc2c1-c1csc(-c2cccc([N+](=O)[O-])c2)n1. The summed E-state index contributed by atoms with van der Waals surface area (Å²) in [5.41, 5.74) is 4.95. The maximum absolute atomic E-state index is 11.0. The third-order valence-corrected chi connectivity index (χ3v) is 4.85. The van der Waals surface area contributed by atoms with E-state index in [1.165, 1.54) is 17.4 Å². The van der Waals surface area contributed by atoms with E-state index in [0.29, 0.717) is 0 Å². The second kappa shape index (κ2) is 5.58. The van der Waals surface area contributed by atoms with Crippen LogP contribution in [0.15, 0.2) is 53.9 Å². The first-order valence-electron chi connectivity index (χ1n) is 7.41. The predicted octanol–water partition coefficient (Wildman–Crippen LogP) is 5.18. The number of nitrogens with one attached hydrogen (secondary N) is 1. The molecule has 2 heterocycles. The minimum atomic E-state index is -0.387. The Bertz CT molecular complexity index is 1070. The van der Waals surface area contributed by atoms with Gasteiger partial charge in [-0.15, -0.1) is 11.3 Å². The third-order valence-electron chi connectivity index (χ3n) is 3.96. The molecule has 0 aliphatic rings. The molecule has 118 valence electrons. The molecule has 24 heavy (non-hydrogen) atoms. The topological polar surface area (TPSA) is 71.8 Å². The smallest absolute Gasteiger partial charge is 0.270 e. The number of nitro benzene ring substituents is 1. The van der Waals surface area contributed by atoms with E-state index in [0.717, 1.165) is 38.4 Å². The van der Waals surface area contributed by atoms with Crippen LogP contribution in [0.3, 0.4) is 0 Å². The molecule has 0 spiro atoms. The van der Waals surface area contributed by atoms with E-state index < -0.39 is 0 Å². The van der Waals surface area contributed by atoms with Crippen LogP contribution in [-0.2, 0) is 0 Å². The molecule has 0 fully saturated rings. The molecule has 2 aromatic carbocycles. The van der Waals surface area contributed by atoms with Gasteiger partial charge in [0.15, 0.2) is 0 Å². The highest BCUT2D eigenvalue weighted by molar-refractivity contribution is 7.13. The lowest BCUT2D eigenvalue weighted by molar-refractivity contribution is -0.384. The van der Waals surface area contributed by atoms with Gasteiger partial charge in [-0.25, -0.2) is 4.98 Å². The first-order valence-corrected chi connectivity index (χ1v) is 8.29. The van der Waals surface area contributed by atoms with Crippen molar-refractivity contribution in [3.8, 4) is 21.8 Å². The zero-order valence-electron chi connectivity index (χ0n) is 12.8. The Morgan fingerprint density at radius 2 is 2.00 bits per heavy atom. The van der Waals surface area contributed by atoms with Gasteiger partial charge in [0.2, 0.25) is 0 Å². The van der Waals surface area contributed by atoms with Crippen LogP contribution in [0.2, 0.25) is 0 Å². The number of hydrogen-bond acceptors (Lipinski definition) is 4. The highest BCUT2D eigenvalue weighted by Crippen LogP contribution is 2.35. The van der Waals surface area contributed by atoms with Gasteiger partial charge in [0.25, 0.3) is 5.69 Å². The highest BCUT2D eigenvalue weighted by atomic mass is 32.1. The summed E-state index contributed by atoms with van der Waals surface area (Å²) in [4.78, 5) is 18.6. The molecular formula is C18H13N3O2S. The summed E-state index contributed by atoms with van der Waals surface area (Å²) in [6.45, 7) is 2.03. The van der Waals surface area contributed by atoms with Gasteiger partial charge in [0, 0.05) is 45.2 Å². The van der Waals surface area contributed by atoms with Crippen LogP contribution in [0.25, 0.3) is 32.7 Å². The maximum Gasteiger partial charge on any atom is 0.270 e. The van der Waals surface area contributed by atoms with Crippen molar-refractivity contribution in [3.05, 3.63) is 69.7 Å². The van der Waals surface area contributed by atoms with Crippen molar-refractivity contribution >= 4 is 27.9 Å². The number of nitrogens with zero attached hydrogens (tertiary/aromatic N) is 2. The molecular weight excluding hydrogens is 322 g/mol. The molecule has 2 aromatic heterocycles. The number of para-hydroxylation sites is 1. The van der Waals surface area contributed by atoms with Crippen molar-refractivity contribution in [1.82, 2.24) is 9.97 Å². The van der Waals surface area contributed by atoms with Crippen molar-refractivity contribution in [1.29, 1.82) is 0 Å². The second-order valence-electron chi connectivity index (χ2n) is 5.52. The van der Waals surface area contributed by atoms with Crippen LogP contribution >= 0.6 is 11.3 Å². The molecule has 4 rings (SSSR count). The van der Waals surface area contributed by atoms with E-state index in [4.69, 9.17) is 4.98 Å². The Labute approximate surface area is 141 Å². The molecule has 6 heteroatoms. The molecule has 0 amide bonds. The number of benzene rings is 2. The molecule has 0 bridgehead atoms. The van der Waals surface area contributed by atoms with Gasteiger partial charge in [0.05, 0.1) is 10.6 Å². The lowest BCUT2D eigenvalue weighted by Crippen LogP contribution is -1.88. The van der Waals surface area contributed by atoms with E-state index in [1.54, 1.807) is 12.1 Å². The van der Waals surface area contributed by atoms with Crippen molar-refractivity contribution in [2.24, 2.45) is 0 Å². The van der Waals surface area contributed by atoms with Crippen molar-refractivity contribution in [3.63, 3.8) is 0 Å². The van der Waals surface area contributed by atoms with Crippen LogP contribution in [0.4, 0.5) is 5.69 Å². The normalized spacial score (nSPS) is 11.0. The molecule has 0 atom stereocenters. The predicted molar refractivity (Wildman–Crippen MR) is 96.2 cm³/mol. The quantitative estimate of drug-likeness (QED) is 0.414. The van der Waals surface area contributed by atoms with Crippen molar-refractivity contribution in [2.45, 2.75) is 6.92 Å². The van der Waals surface area contributed by atoms with Gasteiger partial charge < -0.3 is 4.98 Å². The van der Waals surface area contributed by atoms with Crippen LogP contribution in [0.5, 0.6) is 0 Å². The zero-order chi connectivity index (χ0) is 16.7. The number of thiazole rings is 1. The Morgan fingerprint density at radius 3 is 2.83 bits per heavy atom. The molecule has 1 N–H and O–H groups in total. The minimum Gasteiger partial charge on any atom is -0.358 e. The Hall–Kier alpha value is -2.99. The van der Waals surface area contributed by atoms with Gasteiger partial charge in [-0.05, 0) is 13.0 Å². The van der Waals surface area contributed by atoms with Gasteiger partial charge in [-0.3, -0.25) is 10.1 Å². The number of aryl methyl sites for hydroxylation is 1. The Balaban J connectivity index is 1.81. The number of rotatable bonds is 3. The fourth-order valence-corrected chi connectivity index (χ4v) is 3.69. The summed E-state index contributed by atoms with van der Waals surface area (Å²) in [5.74, 6) is 0. The first-order chi connectivity index (χ1) is 11.6. The number of aromatic nitrogens is 2. The third kappa shape index (κ3) is 2.37. The molecule has 0 aliphatic heterocycles. The molecule has 0 saturated heterocycles. The van der Waals surface area contributed by atoms with Crippen LogP contribution in [-0.4, -0.2) is 14.9 Å². The summed E-state index contributed by atoms with van der Waals surface area (Å²) < 4.78 is 0. The first kappa shape index (κ1) is 14.6. The van der Waals surface area contributed by atoms with Crippen LogP contribution < -0.4 is 0 Å². The van der Waals surface area contributed by atoms with Gasteiger partial charge in [-0.1, -0.05) is 30.3 Å². The van der Waals surface area contributed by atoms with Gasteiger partial charge in [0.1, 0.15) is 5.01 Å².